The number of halogens is 2. The molecule has 0 saturated heterocycles. The van der Waals surface area contributed by atoms with Gasteiger partial charge >= 0.3 is 0 Å². The van der Waals surface area contributed by atoms with Crippen molar-refractivity contribution in [2.45, 2.75) is 13.0 Å². The van der Waals surface area contributed by atoms with Gasteiger partial charge in [0.1, 0.15) is 5.82 Å². The van der Waals surface area contributed by atoms with Crippen molar-refractivity contribution >= 4 is 15.9 Å². The Labute approximate surface area is 109 Å². The van der Waals surface area contributed by atoms with Gasteiger partial charge in [0, 0.05) is 4.47 Å². The monoisotopic (exact) mass is 293 g/mol. The smallest absolute Gasteiger partial charge is 0.126 e. The lowest BCUT2D eigenvalue weighted by Gasteiger charge is -2.13. The number of aryl methyl sites for hydroxylation is 1. The Bertz CT molecular complexity index is 539. The lowest BCUT2D eigenvalue weighted by atomic mass is 9.98. The van der Waals surface area contributed by atoms with Crippen LogP contribution < -0.4 is 5.73 Å². The maximum absolute atomic E-state index is 13.5. The molecule has 1 atom stereocenters. The molecule has 1 unspecified atom stereocenters. The normalized spacial score (nSPS) is 12.5. The molecule has 2 rings (SSSR count). The van der Waals surface area contributed by atoms with E-state index < -0.39 is 0 Å². The number of rotatable bonds is 2. The van der Waals surface area contributed by atoms with Crippen molar-refractivity contribution in [2.24, 2.45) is 5.73 Å². The summed E-state index contributed by atoms with van der Waals surface area (Å²) in [5.41, 5.74) is 8.50. The Morgan fingerprint density at radius 1 is 1.12 bits per heavy atom. The third-order valence-corrected chi connectivity index (χ3v) is 3.26. The van der Waals surface area contributed by atoms with Gasteiger partial charge in [-0.2, -0.15) is 0 Å². The fraction of sp³-hybridized carbons (Fsp3) is 0.143. The van der Waals surface area contributed by atoms with E-state index in [0.717, 1.165) is 15.6 Å². The van der Waals surface area contributed by atoms with Crippen LogP contribution in [0.5, 0.6) is 0 Å². The highest BCUT2D eigenvalue weighted by Crippen LogP contribution is 2.23. The van der Waals surface area contributed by atoms with Crippen molar-refractivity contribution < 1.29 is 4.39 Å². The van der Waals surface area contributed by atoms with Crippen LogP contribution >= 0.6 is 15.9 Å². The zero-order chi connectivity index (χ0) is 12.4. The minimum absolute atomic E-state index is 0.215. The molecule has 3 heteroatoms. The summed E-state index contributed by atoms with van der Waals surface area (Å²) in [6, 6.07) is 12.6. The molecule has 0 aliphatic rings. The van der Waals surface area contributed by atoms with Crippen LogP contribution in [0.15, 0.2) is 46.9 Å². The van der Waals surface area contributed by atoms with E-state index in [0.29, 0.717) is 5.56 Å². The average molecular weight is 294 g/mol. The molecule has 0 aliphatic heterocycles. The lowest BCUT2D eigenvalue weighted by molar-refractivity contribution is 0.614. The molecule has 0 aliphatic carbocycles. The number of hydrogen-bond acceptors (Lipinski definition) is 1. The molecule has 1 nitrogen and oxygen atoms in total. The number of benzene rings is 2. The molecule has 0 fully saturated rings. The fourth-order valence-corrected chi connectivity index (χ4v) is 2.11. The summed E-state index contributed by atoms with van der Waals surface area (Å²) in [6.07, 6.45) is 0. The summed E-state index contributed by atoms with van der Waals surface area (Å²) in [6.45, 7) is 1.74. The van der Waals surface area contributed by atoms with Gasteiger partial charge in [0.05, 0.1) is 6.04 Å². The first-order chi connectivity index (χ1) is 8.08. The van der Waals surface area contributed by atoms with Gasteiger partial charge in [-0.1, -0.05) is 40.2 Å². The van der Waals surface area contributed by atoms with Crippen molar-refractivity contribution in [3.05, 3.63) is 69.4 Å². The summed E-state index contributed by atoms with van der Waals surface area (Å²) in [5.74, 6) is -0.215. The van der Waals surface area contributed by atoms with Gasteiger partial charge in [-0.15, -0.1) is 0 Å². The van der Waals surface area contributed by atoms with Gasteiger partial charge < -0.3 is 5.73 Å². The van der Waals surface area contributed by atoms with Crippen LogP contribution in [-0.2, 0) is 0 Å². The molecule has 2 aromatic carbocycles. The van der Waals surface area contributed by atoms with Crippen LogP contribution in [0.2, 0.25) is 0 Å². The first kappa shape index (κ1) is 12.3. The van der Waals surface area contributed by atoms with Crippen LogP contribution in [0.1, 0.15) is 22.7 Å². The van der Waals surface area contributed by atoms with Crippen molar-refractivity contribution in [3.63, 3.8) is 0 Å². The highest BCUT2D eigenvalue weighted by atomic mass is 79.9. The van der Waals surface area contributed by atoms with Crippen LogP contribution in [0, 0.1) is 12.7 Å². The Morgan fingerprint density at radius 3 is 2.47 bits per heavy atom. The first-order valence-electron chi connectivity index (χ1n) is 5.35. The second-order valence-corrected chi connectivity index (χ2v) is 4.96. The lowest BCUT2D eigenvalue weighted by Crippen LogP contribution is -2.12. The molecule has 17 heavy (non-hydrogen) atoms. The fourth-order valence-electron chi connectivity index (χ4n) is 1.70. The Kier molecular flexibility index (Phi) is 3.60. The zero-order valence-corrected chi connectivity index (χ0v) is 11.0. The molecule has 0 heterocycles. The summed E-state index contributed by atoms with van der Waals surface area (Å²) in [7, 11) is 0. The van der Waals surface area contributed by atoms with E-state index >= 15 is 0 Å². The van der Waals surface area contributed by atoms with E-state index in [2.05, 4.69) is 15.9 Å². The highest BCUT2D eigenvalue weighted by molar-refractivity contribution is 9.10. The van der Waals surface area contributed by atoms with E-state index in [-0.39, 0.29) is 11.9 Å². The maximum Gasteiger partial charge on any atom is 0.126 e. The Hall–Kier alpha value is -1.19. The molecule has 0 saturated carbocycles. The predicted molar refractivity (Wildman–Crippen MR) is 71.3 cm³/mol. The first-order valence-corrected chi connectivity index (χ1v) is 6.14. The van der Waals surface area contributed by atoms with Gasteiger partial charge in [0.25, 0.3) is 0 Å². The van der Waals surface area contributed by atoms with Crippen LogP contribution in [0.25, 0.3) is 0 Å². The number of nitrogens with two attached hydrogens (primary N) is 1. The summed E-state index contributed by atoms with van der Waals surface area (Å²) in [5, 5.41) is 0. The van der Waals surface area contributed by atoms with E-state index in [1.807, 2.05) is 30.3 Å². The molecular weight excluding hydrogens is 281 g/mol. The molecule has 0 amide bonds. The molecule has 88 valence electrons. The SMILES string of the molecule is Cc1ccc(C(N)c2cccc(Br)c2)cc1F. The quantitative estimate of drug-likeness (QED) is 0.892. The molecule has 0 spiro atoms. The van der Waals surface area contributed by atoms with Gasteiger partial charge in [0.15, 0.2) is 0 Å². The van der Waals surface area contributed by atoms with Crippen molar-refractivity contribution in [2.75, 3.05) is 0 Å². The standard InChI is InChI=1S/C14H13BrFN/c1-9-5-6-11(8-13(9)16)14(17)10-3-2-4-12(15)7-10/h2-8,14H,17H2,1H3. The van der Waals surface area contributed by atoms with E-state index in [4.69, 9.17) is 5.73 Å². The maximum atomic E-state index is 13.5. The second kappa shape index (κ2) is 4.98. The number of hydrogen-bond donors (Lipinski definition) is 1. The largest absolute Gasteiger partial charge is 0.320 e. The zero-order valence-electron chi connectivity index (χ0n) is 9.45. The van der Waals surface area contributed by atoms with E-state index in [9.17, 15) is 4.39 Å². The van der Waals surface area contributed by atoms with Gasteiger partial charge in [-0.3, -0.25) is 0 Å². The average Bonchev–Trinajstić information content (AvgIpc) is 2.32. The highest BCUT2D eigenvalue weighted by Gasteiger charge is 2.10. The molecule has 2 aromatic rings. The van der Waals surface area contributed by atoms with E-state index in [1.54, 1.807) is 13.0 Å². The predicted octanol–water partition coefficient (Wildman–Crippen LogP) is 3.94. The van der Waals surface area contributed by atoms with Crippen molar-refractivity contribution in [1.29, 1.82) is 0 Å². The molecule has 2 N–H and O–H groups in total. The van der Waals surface area contributed by atoms with Crippen LogP contribution in [-0.4, -0.2) is 0 Å². The summed E-state index contributed by atoms with van der Waals surface area (Å²) >= 11 is 3.40. The Morgan fingerprint density at radius 2 is 1.82 bits per heavy atom. The van der Waals surface area contributed by atoms with E-state index in [1.165, 1.54) is 6.07 Å². The molecular formula is C14H13BrFN. The topological polar surface area (TPSA) is 26.0 Å². The van der Waals surface area contributed by atoms with Crippen LogP contribution in [0.4, 0.5) is 4.39 Å². The Balaban J connectivity index is 2.36. The minimum Gasteiger partial charge on any atom is -0.320 e. The van der Waals surface area contributed by atoms with Crippen molar-refractivity contribution in [3.8, 4) is 0 Å². The van der Waals surface area contributed by atoms with Crippen LogP contribution in [0.3, 0.4) is 0 Å². The third-order valence-electron chi connectivity index (χ3n) is 2.76. The molecule has 0 radical (unpaired) electrons. The van der Waals surface area contributed by atoms with Gasteiger partial charge in [-0.25, -0.2) is 4.39 Å². The second-order valence-electron chi connectivity index (χ2n) is 4.04. The summed E-state index contributed by atoms with van der Waals surface area (Å²) < 4.78 is 14.4. The summed E-state index contributed by atoms with van der Waals surface area (Å²) in [4.78, 5) is 0. The van der Waals surface area contributed by atoms with Crippen molar-refractivity contribution in [1.82, 2.24) is 0 Å². The minimum atomic E-state index is -0.303. The molecule has 0 bridgehead atoms. The third kappa shape index (κ3) is 2.73. The van der Waals surface area contributed by atoms with Gasteiger partial charge in [0.2, 0.25) is 0 Å². The molecule has 0 aromatic heterocycles. The van der Waals surface area contributed by atoms with Gasteiger partial charge in [-0.05, 0) is 41.8 Å².